The van der Waals surface area contributed by atoms with E-state index in [1.807, 2.05) is 44.2 Å². The fraction of sp³-hybridized carbons (Fsp3) is 0.552. The van der Waals surface area contributed by atoms with Crippen LogP contribution in [0.4, 0.5) is 5.69 Å². The average molecular weight is 526 g/mol. The summed E-state index contributed by atoms with van der Waals surface area (Å²) in [6.45, 7) is 12.8. The molecule has 3 fully saturated rings. The number of likely N-dealkylation sites (tertiary alicyclic amines) is 1. The summed E-state index contributed by atoms with van der Waals surface area (Å²) in [6, 6.07) is 8.84. The molecule has 1 N–H and O–H groups in total. The fourth-order valence-corrected chi connectivity index (χ4v) is 8.65. The number of thioether (sulfide) groups is 1. The Morgan fingerprint density at radius 3 is 2.49 bits per heavy atom. The van der Waals surface area contributed by atoms with Crippen molar-refractivity contribution < 1.29 is 19.5 Å². The Morgan fingerprint density at radius 2 is 1.86 bits per heavy atom. The molecule has 5 atom stereocenters. The van der Waals surface area contributed by atoms with E-state index in [-0.39, 0.29) is 35.6 Å². The van der Waals surface area contributed by atoms with Gasteiger partial charge in [0, 0.05) is 43.2 Å². The van der Waals surface area contributed by atoms with Gasteiger partial charge in [0.2, 0.25) is 17.7 Å². The maximum atomic E-state index is 14.2. The minimum Gasteiger partial charge on any atom is -0.396 e. The number of nitrogens with zero attached hydrogens (tertiary/aromatic N) is 3. The molecule has 0 aliphatic carbocycles. The molecule has 3 heterocycles. The second kappa shape index (κ2) is 11.4. The Kier molecular flexibility index (Phi) is 8.49. The summed E-state index contributed by atoms with van der Waals surface area (Å²) >= 11 is 1.69. The second-order valence-electron chi connectivity index (χ2n) is 10.5. The van der Waals surface area contributed by atoms with Crippen LogP contribution in [0, 0.1) is 11.8 Å². The number of aliphatic hydroxyl groups excluding tert-OH is 1. The van der Waals surface area contributed by atoms with Gasteiger partial charge in [0.05, 0.1) is 16.6 Å². The van der Waals surface area contributed by atoms with Crippen LogP contribution in [-0.2, 0) is 14.4 Å². The van der Waals surface area contributed by atoms with Crippen LogP contribution in [0.1, 0.15) is 39.5 Å². The van der Waals surface area contributed by atoms with Gasteiger partial charge in [-0.3, -0.25) is 14.4 Å². The van der Waals surface area contributed by atoms with Crippen LogP contribution < -0.4 is 4.90 Å². The zero-order chi connectivity index (χ0) is 26.7. The molecular weight excluding hydrogens is 486 g/mol. The molecule has 2 unspecified atom stereocenters. The van der Waals surface area contributed by atoms with Crippen molar-refractivity contribution in [3.63, 3.8) is 0 Å². The van der Waals surface area contributed by atoms with Crippen LogP contribution in [0.5, 0.6) is 0 Å². The Hall–Kier alpha value is -2.58. The maximum Gasteiger partial charge on any atom is 0.247 e. The van der Waals surface area contributed by atoms with Gasteiger partial charge in [-0.2, -0.15) is 0 Å². The average Bonchev–Trinajstić information content (AvgIpc) is 3.53. The van der Waals surface area contributed by atoms with E-state index in [1.54, 1.807) is 38.6 Å². The van der Waals surface area contributed by atoms with E-state index >= 15 is 0 Å². The van der Waals surface area contributed by atoms with Gasteiger partial charge in [-0.05, 0) is 51.7 Å². The number of carbonyl (C=O) groups excluding carboxylic acids is 3. The van der Waals surface area contributed by atoms with Gasteiger partial charge in [0.1, 0.15) is 6.04 Å². The molecule has 1 aromatic rings. The van der Waals surface area contributed by atoms with Crippen molar-refractivity contribution >= 4 is 35.2 Å². The molecule has 200 valence electrons. The smallest absolute Gasteiger partial charge is 0.247 e. The van der Waals surface area contributed by atoms with Crippen molar-refractivity contribution in [2.75, 3.05) is 31.1 Å². The van der Waals surface area contributed by atoms with E-state index in [0.717, 1.165) is 18.5 Å². The third-order valence-electron chi connectivity index (χ3n) is 8.00. The van der Waals surface area contributed by atoms with Crippen LogP contribution in [-0.4, -0.2) is 80.9 Å². The first-order chi connectivity index (χ1) is 17.8. The predicted octanol–water partition coefficient (Wildman–Crippen LogP) is 3.49. The maximum absolute atomic E-state index is 14.2. The van der Waals surface area contributed by atoms with Crippen molar-refractivity contribution in [1.29, 1.82) is 0 Å². The van der Waals surface area contributed by atoms with Gasteiger partial charge in [0.25, 0.3) is 0 Å². The summed E-state index contributed by atoms with van der Waals surface area (Å²) in [6.07, 6.45) is 6.14. The summed E-state index contributed by atoms with van der Waals surface area (Å²) in [7, 11) is 0. The molecule has 0 radical (unpaired) electrons. The van der Waals surface area contributed by atoms with E-state index in [4.69, 9.17) is 0 Å². The molecule has 3 aliphatic rings. The number of para-hydroxylation sites is 1. The highest BCUT2D eigenvalue weighted by molar-refractivity contribution is 8.02. The van der Waals surface area contributed by atoms with Crippen molar-refractivity contribution in [3.8, 4) is 0 Å². The monoisotopic (exact) mass is 525 g/mol. The molecule has 37 heavy (non-hydrogen) atoms. The normalized spacial score (nSPS) is 27.9. The molecule has 7 nitrogen and oxygen atoms in total. The van der Waals surface area contributed by atoms with E-state index in [2.05, 4.69) is 13.2 Å². The Labute approximate surface area is 224 Å². The van der Waals surface area contributed by atoms with Gasteiger partial charge in [-0.1, -0.05) is 30.4 Å². The summed E-state index contributed by atoms with van der Waals surface area (Å²) in [5, 5.41) is 9.36. The van der Waals surface area contributed by atoms with Crippen LogP contribution in [0.25, 0.3) is 0 Å². The van der Waals surface area contributed by atoms with Gasteiger partial charge < -0.3 is 19.8 Å². The topological polar surface area (TPSA) is 81.2 Å². The number of aliphatic hydroxyl groups is 1. The zero-order valence-corrected chi connectivity index (χ0v) is 22.7. The van der Waals surface area contributed by atoms with E-state index in [9.17, 15) is 19.5 Å². The minimum atomic E-state index is -0.622. The molecule has 2 bridgehead atoms. The molecule has 3 saturated heterocycles. The third-order valence-corrected chi connectivity index (χ3v) is 9.96. The number of hydrogen-bond donors (Lipinski definition) is 1. The van der Waals surface area contributed by atoms with Crippen molar-refractivity contribution in [3.05, 3.63) is 55.6 Å². The lowest BCUT2D eigenvalue weighted by Crippen LogP contribution is -2.56. The lowest BCUT2D eigenvalue weighted by Gasteiger charge is -2.38. The molecule has 4 rings (SSSR count). The van der Waals surface area contributed by atoms with Crippen molar-refractivity contribution in [1.82, 2.24) is 9.80 Å². The number of carbonyl (C=O) groups is 3. The number of rotatable bonds is 12. The minimum absolute atomic E-state index is 0.000673. The second-order valence-corrected chi connectivity index (χ2v) is 12.1. The Balaban J connectivity index is 1.73. The van der Waals surface area contributed by atoms with E-state index in [1.165, 1.54) is 0 Å². The third kappa shape index (κ3) is 4.74. The zero-order valence-electron chi connectivity index (χ0n) is 21.9. The number of benzene rings is 1. The lowest BCUT2D eigenvalue weighted by atomic mass is 9.70. The number of fused-ring (bicyclic) bond motifs is 1. The number of unbranched alkanes of at least 4 members (excludes halogenated alkanes) is 1. The van der Waals surface area contributed by atoms with Crippen molar-refractivity contribution in [2.45, 2.75) is 61.6 Å². The molecular formula is C29H39N3O4S. The van der Waals surface area contributed by atoms with Gasteiger partial charge >= 0.3 is 0 Å². The molecule has 3 aliphatic heterocycles. The van der Waals surface area contributed by atoms with Crippen LogP contribution >= 0.6 is 11.8 Å². The highest BCUT2D eigenvalue weighted by Crippen LogP contribution is 2.66. The van der Waals surface area contributed by atoms with Crippen molar-refractivity contribution in [2.24, 2.45) is 11.8 Å². The van der Waals surface area contributed by atoms with Crippen LogP contribution in [0.15, 0.2) is 55.6 Å². The summed E-state index contributed by atoms with van der Waals surface area (Å²) in [5.74, 6) is -1.27. The first kappa shape index (κ1) is 27.5. The standard InChI is InChI=1S/C29H39N3O4S/c1-5-16-30(20(3)4)28(36)25-29-15-14-22(37-29)23(24(29)27(35)32(25)18-10-11-19-33)26(34)31(17-6-2)21-12-8-7-9-13-21/h5-9,12-13,20,22-25,33H,1-2,10-11,14-19H2,3-4H3/t22-,23+,24+,25?,29?/m1/s1. The van der Waals surface area contributed by atoms with E-state index < -0.39 is 22.6 Å². The molecule has 8 heteroatoms. The quantitative estimate of drug-likeness (QED) is 0.334. The highest BCUT2D eigenvalue weighted by Gasteiger charge is 2.74. The van der Waals surface area contributed by atoms with Gasteiger partial charge in [-0.15, -0.1) is 24.9 Å². The molecule has 0 saturated carbocycles. The summed E-state index contributed by atoms with van der Waals surface area (Å²) < 4.78 is -0.622. The predicted molar refractivity (Wildman–Crippen MR) is 148 cm³/mol. The fourth-order valence-electron chi connectivity index (χ4n) is 6.44. The van der Waals surface area contributed by atoms with Gasteiger partial charge in [-0.25, -0.2) is 0 Å². The lowest BCUT2D eigenvalue weighted by molar-refractivity contribution is -0.143. The Morgan fingerprint density at radius 1 is 1.16 bits per heavy atom. The molecule has 1 spiro atoms. The number of amides is 3. The molecule has 0 aromatic heterocycles. The largest absolute Gasteiger partial charge is 0.396 e. The Bertz CT molecular complexity index is 1030. The first-order valence-electron chi connectivity index (χ1n) is 13.3. The first-order valence-corrected chi connectivity index (χ1v) is 14.2. The van der Waals surface area contributed by atoms with Crippen LogP contribution in [0.3, 0.4) is 0 Å². The van der Waals surface area contributed by atoms with Crippen LogP contribution in [0.2, 0.25) is 0 Å². The number of hydrogen-bond acceptors (Lipinski definition) is 5. The summed E-state index contributed by atoms with van der Waals surface area (Å²) in [5.41, 5.74) is 0.782. The highest BCUT2D eigenvalue weighted by atomic mass is 32.2. The summed E-state index contributed by atoms with van der Waals surface area (Å²) in [4.78, 5) is 47.7. The van der Waals surface area contributed by atoms with E-state index in [0.29, 0.717) is 32.5 Å². The number of anilines is 1. The molecule has 1 aromatic carbocycles. The van der Waals surface area contributed by atoms with Gasteiger partial charge in [0.15, 0.2) is 0 Å². The molecule has 3 amide bonds. The SMILES string of the molecule is C=CCN(C(=O)[C@@H]1[C@H]2C(=O)N(CCCCO)C(C(=O)N(CC=C)C(C)C)C23CC[C@H]1S3)c1ccccc1.